The summed E-state index contributed by atoms with van der Waals surface area (Å²) in [4.78, 5) is 30.6. The van der Waals surface area contributed by atoms with Crippen LogP contribution in [0.15, 0.2) is 78.2 Å². The summed E-state index contributed by atoms with van der Waals surface area (Å²) in [6.07, 6.45) is 12.1. The quantitative estimate of drug-likeness (QED) is 0.419. The third kappa shape index (κ3) is 3.24. The SMILES string of the molecule is O=C(NC1c2ccccc2-c2c(-c3nc4ccncc4[nH]3)cccc21)C1=NC=C[C@@H]2CCCCC12. The molecule has 1 saturated carbocycles. The Morgan fingerprint density at radius 1 is 0.971 bits per heavy atom. The number of benzene rings is 2. The second kappa shape index (κ2) is 8.01. The smallest absolute Gasteiger partial charge is 0.266 e. The van der Waals surface area contributed by atoms with Gasteiger partial charge in [-0.1, -0.05) is 61.4 Å². The molecule has 0 radical (unpaired) electrons. The number of pyridine rings is 1. The van der Waals surface area contributed by atoms with Crippen molar-refractivity contribution in [3.63, 3.8) is 0 Å². The summed E-state index contributed by atoms with van der Waals surface area (Å²) >= 11 is 0. The predicted molar refractivity (Wildman–Crippen MR) is 137 cm³/mol. The van der Waals surface area contributed by atoms with E-state index in [4.69, 9.17) is 4.98 Å². The van der Waals surface area contributed by atoms with E-state index in [1.165, 1.54) is 6.42 Å². The first-order valence-electron chi connectivity index (χ1n) is 12.4. The van der Waals surface area contributed by atoms with Gasteiger partial charge in [0.1, 0.15) is 11.5 Å². The summed E-state index contributed by atoms with van der Waals surface area (Å²) in [6, 6.07) is 16.3. The van der Waals surface area contributed by atoms with Crippen molar-refractivity contribution in [2.45, 2.75) is 31.7 Å². The van der Waals surface area contributed by atoms with Crippen LogP contribution in [-0.4, -0.2) is 26.6 Å². The number of carbonyl (C=O) groups excluding carboxylic acids is 1. The van der Waals surface area contributed by atoms with Crippen molar-refractivity contribution in [2.24, 2.45) is 16.8 Å². The van der Waals surface area contributed by atoms with Crippen LogP contribution in [0.1, 0.15) is 42.9 Å². The number of carbonyl (C=O) groups is 1. The molecular formula is C29H25N5O. The number of aromatic nitrogens is 3. The number of rotatable bonds is 3. The topological polar surface area (TPSA) is 83.0 Å². The van der Waals surface area contributed by atoms with Crippen molar-refractivity contribution in [1.82, 2.24) is 20.3 Å². The minimum Gasteiger partial charge on any atom is -0.340 e. The summed E-state index contributed by atoms with van der Waals surface area (Å²) in [5, 5.41) is 3.36. The Balaban J connectivity index is 1.30. The van der Waals surface area contributed by atoms with E-state index in [0.717, 1.165) is 63.9 Å². The molecule has 1 fully saturated rings. The van der Waals surface area contributed by atoms with Gasteiger partial charge in [0.2, 0.25) is 0 Å². The van der Waals surface area contributed by atoms with E-state index in [1.807, 2.05) is 24.4 Å². The van der Waals surface area contributed by atoms with E-state index in [0.29, 0.717) is 11.6 Å². The lowest BCUT2D eigenvalue weighted by Crippen LogP contribution is -2.41. The number of aromatic amines is 1. The maximum Gasteiger partial charge on any atom is 0.266 e. The Morgan fingerprint density at radius 3 is 2.77 bits per heavy atom. The Bertz CT molecular complexity index is 1500. The number of aliphatic imine (C=N–C) groups is 1. The second-order valence-corrected chi connectivity index (χ2v) is 9.65. The fourth-order valence-corrected chi connectivity index (χ4v) is 6.08. The fourth-order valence-electron chi connectivity index (χ4n) is 6.08. The molecule has 3 atom stereocenters. The molecule has 4 aromatic rings. The lowest BCUT2D eigenvalue weighted by molar-refractivity contribution is -0.115. The molecule has 3 heterocycles. The molecule has 0 spiro atoms. The summed E-state index contributed by atoms with van der Waals surface area (Å²) < 4.78 is 0. The molecule has 2 unspecified atom stereocenters. The van der Waals surface area contributed by atoms with Gasteiger partial charge in [-0.3, -0.25) is 14.8 Å². The molecule has 172 valence electrons. The average molecular weight is 460 g/mol. The minimum atomic E-state index is -0.227. The molecule has 7 rings (SSSR count). The largest absolute Gasteiger partial charge is 0.340 e. The van der Waals surface area contributed by atoms with E-state index in [-0.39, 0.29) is 17.9 Å². The fraction of sp³-hybridized carbons (Fsp3) is 0.241. The predicted octanol–water partition coefficient (Wildman–Crippen LogP) is 5.59. The Labute approximate surface area is 203 Å². The molecule has 2 aliphatic carbocycles. The zero-order valence-corrected chi connectivity index (χ0v) is 19.2. The zero-order valence-electron chi connectivity index (χ0n) is 19.2. The number of imidazole rings is 1. The lowest BCUT2D eigenvalue weighted by Gasteiger charge is -2.32. The van der Waals surface area contributed by atoms with Crippen LogP contribution in [0.3, 0.4) is 0 Å². The van der Waals surface area contributed by atoms with Gasteiger partial charge in [0.05, 0.1) is 23.3 Å². The van der Waals surface area contributed by atoms with Gasteiger partial charge in [-0.15, -0.1) is 0 Å². The minimum absolute atomic E-state index is 0.0564. The normalized spacial score (nSPS) is 22.3. The number of hydrogen-bond acceptors (Lipinski definition) is 4. The third-order valence-corrected chi connectivity index (χ3v) is 7.71. The Hall–Kier alpha value is -4.06. The molecule has 1 aliphatic heterocycles. The standard InChI is InChI=1S/C29H25N5O/c35-29(27-18-7-2-1-6-17(18)12-15-31-27)34-26-20-9-4-3-8-19(20)25-21(26)10-5-11-22(25)28-32-23-13-14-30-16-24(23)33-28/h3-5,8-18,26H,1-2,6-7H2,(H,32,33)(H,34,35)/t17-,18?,26?/m0/s1. The van der Waals surface area contributed by atoms with Crippen molar-refractivity contribution >= 4 is 22.7 Å². The highest BCUT2D eigenvalue weighted by Crippen LogP contribution is 2.47. The number of H-pyrrole nitrogens is 1. The first-order valence-corrected chi connectivity index (χ1v) is 12.4. The molecule has 0 saturated heterocycles. The number of fused-ring (bicyclic) bond motifs is 5. The summed E-state index contributed by atoms with van der Waals surface area (Å²) in [7, 11) is 0. The van der Waals surface area contributed by atoms with Gasteiger partial charge in [0, 0.05) is 23.9 Å². The van der Waals surface area contributed by atoms with Gasteiger partial charge in [-0.05, 0) is 47.1 Å². The van der Waals surface area contributed by atoms with E-state index in [9.17, 15) is 4.79 Å². The summed E-state index contributed by atoms with van der Waals surface area (Å²) in [5.74, 6) is 1.40. The molecule has 3 aliphatic rings. The van der Waals surface area contributed by atoms with Crippen molar-refractivity contribution in [3.8, 4) is 22.5 Å². The Kier molecular flexibility index (Phi) is 4.65. The molecule has 0 bridgehead atoms. The van der Waals surface area contributed by atoms with Gasteiger partial charge in [-0.2, -0.15) is 0 Å². The van der Waals surface area contributed by atoms with Gasteiger partial charge in [0.25, 0.3) is 5.91 Å². The van der Waals surface area contributed by atoms with Crippen LogP contribution in [0.4, 0.5) is 0 Å². The number of nitrogens with zero attached hydrogens (tertiary/aromatic N) is 3. The number of amides is 1. The van der Waals surface area contributed by atoms with E-state index in [1.54, 1.807) is 12.4 Å². The van der Waals surface area contributed by atoms with Gasteiger partial charge >= 0.3 is 0 Å². The van der Waals surface area contributed by atoms with Crippen LogP contribution in [0.2, 0.25) is 0 Å². The zero-order chi connectivity index (χ0) is 23.4. The maximum absolute atomic E-state index is 13.6. The summed E-state index contributed by atoms with van der Waals surface area (Å²) in [5.41, 5.74) is 7.92. The van der Waals surface area contributed by atoms with Crippen molar-refractivity contribution < 1.29 is 4.79 Å². The first kappa shape index (κ1) is 20.3. The lowest BCUT2D eigenvalue weighted by atomic mass is 9.75. The molecule has 2 aromatic heterocycles. The van der Waals surface area contributed by atoms with Crippen molar-refractivity contribution in [2.75, 3.05) is 0 Å². The molecule has 2 N–H and O–H groups in total. The highest BCUT2D eigenvalue weighted by molar-refractivity contribution is 6.40. The average Bonchev–Trinajstić information content (AvgIpc) is 3.48. The number of allylic oxidation sites excluding steroid dienone is 1. The van der Waals surface area contributed by atoms with Gasteiger partial charge in [-0.25, -0.2) is 4.98 Å². The monoisotopic (exact) mass is 459 g/mol. The summed E-state index contributed by atoms with van der Waals surface area (Å²) in [6.45, 7) is 0. The van der Waals surface area contributed by atoms with Crippen LogP contribution in [0.5, 0.6) is 0 Å². The van der Waals surface area contributed by atoms with Crippen LogP contribution in [-0.2, 0) is 4.79 Å². The van der Waals surface area contributed by atoms with E-state index >= 15 is 0 Å². The van der Waals surface area contributed by atoms with Gasteiger partial charge < -0.3 is 10.3 Å². The molecular weight excluding hydrogens is 434 g/mol. The maximum atomic E-state index is 13.6. The first-order chi connectivity index (χ1) is 17.3. The highest BCUT2D eigenvalue weighted by atomic mass is 16.2. The van der Waals surface area contributed by atoms with Gasteiger partial charge in [0.15, 0.2) is 0 Å². The van der Waals surface area contributed by atoms with E-state index < -0.39 is 0 Å². The number of hydrogen-bond donors (Lipinski definition) is 2. The van der Waals surface area contributed by atoms with Crippen molar-refractivity contribution in [1.29, 1.82) is 0 Å². The van der Waals surface area contributed by atoms with Crippen LogP contribution in [0, 0.1) is 11.8 Å². The molecule has 6 heteroatoms. The molecule has 2 aromatic carbocycles. The number of nitrogens with one attached hydrogen (secondary N) is 2. The molecule has 1 amide bonds. The van der Waals surface area contributed by atoms with E-state index in [2.05, 4.69) is 56.7 Å². The van der Waals surface area contributed by atoms with Crippen LogP contribution < -0.4 is 5.32 Å². The highest BCUT2D eigenvalue weighted by Gasteiger charge is 2.37. The molecule has 6 nitrogen and oxygen atoms in total. The van der Waals surface area contributed by atoms with Crippen LogP contribution >= 0.6 is 0 Å². The van der Waals surface area contributed by atoms with Crippen molar-refractivity contribution in [3.05, 3.63) is 84.3 Å². The third-order valence-electron chi connectivity index (χ3n) is 7.71. The Morgan fingerprint density at radius 2 is 1.83 bits per heavy atom. The second-order valence-electron chi connectivity index (χ2n) is 9.65. The van der Waals surface area contributed by atoms with Crippen LogP contribution in [0.25, 0.3) is 33.5 Å². The molecule has 35 heavy (non-hydrogen) atoms.